The van der Waals surface area contributed by atoms with E-state index in [0.29, 0.717) is 5.92 Å². The molecule has 1 heterocycles. The standard InChI is InChI=1S/C29H33N3O.H3O3P/c1-4-23(5-2)21-27(33-3)28-30-22-32(31-28)29(24-15-9-6-10-16-24,25-17-11-7-12-18-25)26-19-13-8-14-20-26;1-4(2)3/h6-20,22-23,27H,4-5,21H2,1-3H3;4H,(H2,1,2,3). The van der Waals surface area contributed by atoms with Gasteiger partial charge in [-0.1, -0.05) is 118 Å². The molecule has 0 amide bonds. The zero-order valence-corrected chi connectivity index (χ0v) is 22.6. The molecule has 4 aromatic rings. The number of ether oxygens (including phenoxy) is 1. The quantitative estimate of drug-likeness (QED) is 0.196. The monoisotopic (exact) mass is 521 g/mol. The molecule has 3 aromatic carbocycles. The summed E-state index contributed by atoms with van der Waals surface area (Å²) < 4.78 is 16.6. The summed E-state index contributed by atoms with van der Waals surface area (Å²) >= 11 is 0. The normalized spacial score (nSPS) is 12.3. The highest BCUT2D eigenvalue weighted by Gasteiger charge is 2.40. The fraction of sp³-hybridized carbons (Fsp3) is 0.310. The Hall–Kier alpha value is -3.09. The summed E-state index contributed by atoms with van der Waals surface area (Å²) in [5.41, 5.74) is 2.75. The van der Waals surface area contributed by atoms with E-state index in [2.05, 4.69) is 86.6 Å². The lowest BCUT2D eigenvalue weighted by Crippen LogP contribution is -2.38. The number of rotatable bonds is 10. The van der Waals surface area contributed by atoms with Crippen molar-refractivity contribution >= 4 is 8.25 Å². The van der Waals surface area contributed by atoms with Crippen molar-refractivity contribution in [2.45, 2.75) is 44.8 Å². The molecule has 0 bridgehead atoms. The van der Waals surface area contributed by atoms with Gasteiger partial charge in [-0.3, -0.25) is 4.57 Å². The van der Waals surface area contributed by atoms with Crippen LogP contribution in [-0.2, 0) is 14.8 Å². The van der Waals surface area contributed by atoms with E-state index in [0.717, 1.165) is 41.8 Å². The minimum absolute atomic E-state index is 0.129. The molecule has 196 valence electrons. The van der Waals surface area contributed by atoms with Gasteiger partial charge < -0.3 is 14.5 Å². The van der Waals surface area contributed by atoms with Gasteiger partial charge >= 0.3 is 8.25 Å². The van der Waals surface area contributed by atoms with Gasteiger partial charge in [-0.05, 0) is 29.0 Å². The van der Waals surface area contributed by atoms with Crippen molar-refractivity contribution in [2.24, 2.45) is 5.92 Å². The summed E-state index contributed by atoms with van der Waals surface area (Å²) in [6.07, 6.45) is 4.90. The third-order valence-corrected chi connectivity index (χ3v) is 6.70. The topological polar surface area (TPSA) is 97.5 Å². The van der Waals surface area contributed by atoms with Gasteiger partial charge in [-0.25, -0.2) is 9.67 Å². The number of nitrogens with zero attached hydrogens (tertiary/aromatic N) is 3. The first-order valence-electron chi connectivity index (χ1n) is 12.5. The van der Waals surface area contributed by atoms with Crippen LogP contribution in [-0.4, -0.2) is 31.7 Å². The highest BCUT2D eigenvalue weighted by Crippen LogP contribution is 2.40. The van der Waals surface area contributed by atoms with E-state index in [4.69, 9.17) is 29.2 Å². The van der Waals surface area contributed by atoms with Crippen LogP contribution in [0, 0.1) is 5.92 Å². The molecule has 0 aliphatic heterocycles. The first kappa shape index (κ1) is 28.5. The van der Waals surface area contributed by atoms with Gasteiger partial charge in [-0.15, -0.1) is 0 Å². The van der Waals surface area contributed by atoms with Crippen LogP contribution in [0.4, 0.5) is 0 Å². The number of benzene rings is 3. The lowest BCUT2D eigenvalue weighted by Gasteiger charge is -2.36. The maximum atomic E-state index is 8.74. The molecule has 0 saturated carbocycles. The largest absolute Gasteiger partial charge is 0.373 e. The van der Waals surface area contributed by atoms with E-state index in [1.807, 2.05) is 29.2 Å². The van der Waals surface area contributed by atoms with Gasteiger partial charge in [0.25, 0.3) is 0 Å². The Kier molecular flexibility index (Phi) is 10.8. The molecular formula is C29H36N3O4P. The second-order valence-electron chi connectivity index (χ2n) is 8.78. The van der Waals surface area contributed by atoms with Crippen molar-refractivity contribution in [3.63, 3.8) is 0 Å². The molecule has 0 fully saturated rings. The number of aromatic nitrogens is 3. The zero-order chi connectivity index (χ0) is 26.7. The van der Waals surface area contributed by atoms with E-state index in [-0.39, 0.29) is 6.10 Å². The summed E-state index contributed by atoms with van der Waals surface area (Å²) in [7, 11) is -1.37. The van der Waals surface area contributed by atoms with Gasteiger partial charge in [0, 0.05) is 7.11 Å². The third kappa shape index (κ3) is 6.82. The minimum Gasteiger partial charge on any atom is -0.373 e. The van der Waals surface area contributed by atoms with Gasteiger partial charge in [-0.2, -0.15) is 5.10 Å². The molecular weight excluding hydrogens is 485 g/mol. The van der Waals surface area contributed by atoms with Crippen molar-refractivity contribution in [3.8, 4) is 0 Å². The smallest absolute Gasteiger partial charge is 0.314 e. The molecule has 37 heavy (non-hydrogen) atoms. The van der Waals surface area contributed by atoms with E-state index in [1.165, 1.54) is 0 Å². The summed E-state index contributed by atoms with van der Waals surface area (Å²) in [4.78, 5) is 19.1. The summed E-state index contributed by atoms with van der Waals surface area (Å²) in [5, 5.41) is 5.09. The van der Waals surface area contributed by atoms with E-state index < -0.39 is 13.8 Å². The van der Waals surface area contributed by atoms with E-state index >= 15 is 0 Å². The van der Waals surface area contributed by atoms with Crippen LogP contribution in [0.2, 0.25) is 0 Å². The van der Waals surface area contributed by atoms with Crippen molar-refractivity contribution in [3.05, 3.63) is 120 Å². The summed E-state index contributed by atoms with van der Waals surface area (Å²) in [6.45, 7) is 4.47. The van der Waals surface area contributed by atoms with Crippen LogP contribution >= 0.6 is 8.25 Å². The fourth-order valence-electron chi connectivity index (χ4n) is 4.75. The molecule has 1 unspecified atom stereocenters. The van der Waals surface area contributed by atoms with E-state index in [1.54, 1.807) is 7.11 Å². The molecule has 0 spiro atoms. The average molecular weight is 522 g/mol. The minimum atomic E-state index is -3.13. The number of hydrogen-bond donors (Lipinski definition) is 2. The van der Waals surface area contributed by atoms with Crippen molar-refractivity contribution in [1.29, 1.82) is 0 Å². The molecule has 1 atom stereocenters. The Morgan fingerprint density at radius 2 is 1.24 bits per heavy atom. The van der Waals surface area contributed by atoms with Crippen LogP contribution in [0.15, 0.2) is 97.3 Å². The molecule has 2 N–H and O–H groups in total. The maximum absolute atomic E-state index is 8.74. The lowest BCUT2D eigenvalue weighted by atomic mass is 9.77. The highest BCUT2D eigenvalue weighted by molar-refractivity contribution is 7.30. The second kappa shape index (κ2) is 14.0. The van der Waals surface area contributed by atoms with Crippen LogP contribution in [0.5, 0.6) is 0 Å². The molecule has 8 heteroatoms. The van der Waals surface area contributed by atoms with Crippen molar-refractivity contribution < 1.29 is 19.1 Å². The Morgan fingerprint density at radius 1 is 0.838 bits per heavy atom. The van der Waals surface area contributed by atoms with Crippen LogP contribution in [0.1, 0.15) is 61.7 Å². The SMILES string of the molecule is CCC(CC)CC(OC)c1ncn(C(c2ccccc2)(c2ccccc2)c2ccccc2)n1.O=[PH](O)O. The van der Waals surface area contributed by atoms with Crippen molar-refractivity contribution in [1.82, 2.24) is 14.8 Å². The predicted octanol–water partition coefficient (Wildman–Crippen LogP) is 5.99. The molecule has 0 aliphatic carbocycles. The van der Waals surface area contributed by atoms with Gasteiger partial charge in [0.15, 0.2) is 5.82 Å². The average Bonchev–Trinajstić information content (AvgIpc) is 3.42. The van der Waals surface area contributed by atoms with Gasteiger partial charge in [0.05, 0.1) is 0 Å². The van der Waals surface area contributed by atoms with E-state index in [9.17, 15) is 0 Å². The first-order chi connectivity index (χ1) is 18.0. The lowest BCUT2D eigenvalue weighted by molar-refractivity contribution is 0.0712. The molecule has 0 saturated heterocycles. The molecule has 4 rings (SSSR count). The Balaban J connectivity index is 0.000000886. The van der Waals surface area contributed by atoms with Crippen LogP contribution in [0.3, 0.4) is 0 Å². The Morgan fingerprint density at radius 3 is 1.59 bits per heavy atom. The molecule has 7 nitrogen and oxygen atoms in total. The predicted molar refractivity (Wildman–Crippen MR) is 147 cm³/mol. The summed E-state index contributed by atoms with van der Waals surface area (Å²) in [6, 6.07) is 31.6. The number of hydrogen-bond acceptors (Lipinski definition) is 4. The second-order valence-corrected chi connectivity index (χ2v) is 9.35. The van der Waals surface area contributed by atoms with Crippen LogP contribution < -0.4 is 0 Å². The zero-order valence-electron chi connectivity index (χ0n) is 21.6. The molecule has 1 aromatic heterocycles. The maximum Gasteiger partial charge on any atom is 0.314 e. The summed E-state index contributed by atoms with van der Waals surface area (Å²) in [5.74, 6) is 1.32. The van der Waals surface area contributed by atoms with Crippen LogP contribution in [0.25, 0.3) is 0 Å². The third-order valence-electron chi connectivity index (χ3n) is 6.70. The highest BCUT2D eigenvalue weighted by atomic mass is 31.1. The number of methoxy groups -OCH3 is 1. The fourth-order valence-corrected chi connectivity index (χ4v) is 4.75. The van der Waals surface area contributed by atoms with Gasteiger partial charge in [0.2, 0.25) is 0 Å². The Bertz CT molecular complexity index is 1120. The molecule has 0 radical (unpaired) electrons. The Labute approximate surface area is 219 Å². The van der Waals surface area contributed by atoms with Gasteiger partial charge in [0.1, 0.15) is 18.0 Å². The van der Waals surface area contributed by atoms with Crippen molar-refractivity contribution in [2.75, 3.05) is 7.11 Å². The first-order valence-corrected chi connectivity index (χ1v) is 13.8. The molecule has 0 aliphatic rings.